The molecule has 1 saturated carbocycles. The Labute approximate surface area is 203 Å². The highest BCUT2D eigenvalue weighted by atomic mass is 19.4. The van der Waals surface area contributed by atoms with Crippen molar-refractivity contribution in [2.75, 3.05) is 4.90 Å². The predicted octanol–water partition coefficient (Wildman–Crippen LogP) is 3.32. The number of anilines is 1. The van der Waals surface area contributed by atoms with Crippen molar-refractivity contribution in [2.24, 2.45) is 0 Å². The molecule has 2 saturated heterocycles. The van der Waals surface area contributed by atoms with Gasteiger partial charge in [-0.25, -0.2) is 9.37 Å². The lowest BCUT2D eigenvalue weighted by atomic mass is 9.95. The van der Waals surface area contributed by atoms with Gasteiger partial charge in [-0.3, -0.25) is 9.36 Å². The molecule has 6 rings (SSSR count). The highest BCUT2D eigenvalue weighted by Crippen LogP contribution is 2.40. The first-order valence-corrected chi connectivity index (χ1v) is 12.0. The van der Waals surface area contributed by atoms with Gasteiger partial charge >= 0.3 is 6.18 Å². The molecule has 4 atom stereocenters. The summed E-state index contributed by atoms with van der Waals surface area (Å²) in [6.07, 6.45) is -0.285. The molecule has 36 heavy (non-hydrogen) atoms. The molecule has 8 nitrogen and oxygen atoms in total. The van der Waals surface area contributed by atoms with Gasteiger partial charge < -0.3 is 15.3 Å². The minimum absolute atomic E-state index is 0.127. The van der Waals surface area contributed by atoms with Crippen LogP contribution in [0.25, 0.3) is 22.2 Å². The number of piperidine rings is 1. The third-order valence-corrected chi connectivity index (χ3v) is 7.33. The summed E-state index contributed by atoms with van der Waals surface area (Å²) in [7, 11) is 0. The molecule has 3 aliphatic rings. The minimum Gasteiger partial charge on any atom is -0.507 e. The average Bonchev–Trinajstić information content (AvgIpc) is 3.58. The highest BCUT2D eigenvalue weighted by Gasteiger charge is 2.48. The van der Waals surface area contributed by atoms with Crippen molar-refractivity contribution in [1.29, 1.82) is 0 Å². The molecule has 3 aromatic rings. The first kappa shape index (κ1) is 23.1. The lowest BCUT2D eigenvalue weighted by Gasteiger charge is -2.41. The van der Waals surface area contributed by atoms with Crippen molar-refractivity contribution in [3.63, 3.8) is 0 Å². The van der Waals surface area contributed by atoms with Crippen molar-refractivity contribution in [1.82, 2.24) is 25.1 Å². The van der Waals surface area contributed by atoms with Gasteiger partial charge in [0.15, 0.2) is 5.82 Å². The number of phenolic OH excluding ortho intramolecular Hbond substituents is 1. The Morgan fingerprint density at radius 1 is 1.14 bits per heavy atom. The third-order valence-electron chi connectivity index (χ3n) is 7.33. The number of nitrogens with one attached hydrogen (secondary N) is 1. The van der Waals surface area contributed by atoms with Crippen LogP contribution in [0.3, 0.4) is 0 Å². The molecule has 2 aliphatic heterocycles. The molecule has 0 radical (unpaired) electrons. The summed E-state index contributed by atoms with van der Waals surface area (Å²) < 4.78 is 53.9. The van der Waals surface area contributed by atoms with Crippen LogP contribution in [-0.2, 0) is 6.54 Å². The third kappa shape index (κ3) is 4.16. The molecule has 2 N–H and O–H groups in total. The minimum atomic E-state index is -4.58. The molecule has 0 amide bonds. The van der Waals surface area contributed by atoms with Crippen LogP contribution in [0.2, 0.25) is 0 Å². The normalized spacial score (nSPS) is 25.9. The van der Waals surface area contributed by atoms with Gasteiger partial charge in [-0.05, 0) is 56.4 Å². The molecular weight excluding hydrogens is 480 g/mol. The van der Waals surface area contributed by atoms with Crippen molar-refractivity contribution < 1.29 is 22.7 Å². The van der Waals surface area contributed by atoms with E-state index in [0.29, 0.717) is 28.5 Å². The number of phenols is 1. The van der Waals surface area contributed by atoms with Gasteiger partial charge in [-0.15, -0.1) is 10.2 Å². The number of nitrogens with zero attached hydrogens (tertiary/aromatic N) is 5. The van der Waals surface area contributed by atoms with Gasteiger partial charge in [-0.2, -0.15) is 13.2 Å². The molecule has 2 unspecified atom stereocenters. The predicted molar refractivity (Wildman–Crippen MR) is 123 cm³/mol. The van der Waals surface area contributed by atoms with E-state index in [0.717, 1.165) is 38.1 Å². The zero-order valence-electron chi connectivity index (χ0n) is 19.1. The van der Waals surface area contributed by atoms with E-state index in [1.54, 1.807) is 12.1 Å². The second-order valence-electron chi connectivity index (χ2n) is 9.89. The molecule has 1 aliphatic carbocycles. The maximum Gasteiger partial charge on any atom is 0.406 e. The topological polar surface area (TPSA) is 96.2 Å². The van der Waals surface area contributed by atoms with Crippen molar-refractivity contribution in [3.8, 4) is 17.0 Å². The summed E-state index contributed by atoms with van der Waals surface area (Å²) in [5.74, 6) is 0.245. The number of hydrogen-bond acceptors (Lipinski definition) is 7. The van der Waals surface area contributed by atoms with Crippen LogP contribution in [0.4, 0.5) is 23.4 Å². The van der Waals surface area contributed by atoms with E-state index in [2.05, 4.69) is 25.4 Å². The zero-order valence-corrected chi connectivity index (χ0v) is 19.1. The van der Waals surface area contributed by atoms with E-state index in [-0.39, 0.29) is 40.3 Å². The van der Waals surface area contributed by atoms with E-state index >= 15 is 4.39 Å². The molecule has 190 valence electrons. The Balaban J connectivity index is 1.31. The quantitative estimate of drug-likeness (QED) is 0.515. The summed E-state index contributed by atoms with van der Waals surface area (Å²) in [5.41, 5.74) is -0.236. The van der Waals surface area contributed by atoms with Crippen LogP contribution < -0.4 is 15.8 Å². The highest BCUT2D eigenvalue weighted by molar-refractivity contribution is 5.86. The standard InChI is InChI=1S/C24H24F4N6O2/c25-22-17-4-1-12(30-17)7-19(22)34(13-2-3-13)21-6-5-16(31-32-21)14-8-18-15(9-20(14)35)23(36)33(11-29-18)10-24(26,27)28/h5-6,8-9,11-13,17,19,22,30,35H,1-4,7,10H2/t12?,17?,19-,22+/m0/s1. The molecule has 1 aromatic carbocycles. The monoisotopic (exact) mass is 504 g/mol. The SMILES string of the molecule is O=c1c2cc(O)c(-c3ccc(N(C4CC4)[C@H]4CC5CCC(N5)[C@H]4F)nn3)cc2ncn1CC(F)(F)F. The molecule has 2 aromatic heterocycles. The first-order valence-electron chi connectivity index (χ1n) is 12.0. The molecule has 12 heteroatoms. The van der Waals surface area contributed by atoms with Crippen molar-refractivity contribution in [3.05, 3.63) is 40.9 Å². The van der Waals surface area contributed by atoms with E-state index in [9.17, 15) is 23.1 Å². The average molecular weight is 504 g/mol. The second-order valence-corrected chi connectivity index (χ2v) is 9.89. The van der Waals surface area contributed by atoms with Crippen LogP contribution in [0, 0.1) is 0 Å². The largest absolute Gasteiger partial charge is 0.507 e. The summed E-state index contributed by atoms with van der Waals surface area (Å²) >= 11 is 0. The number of aromatic nitrogens is 4. The van der Waals surface area contributed by atoms with Gasteiger partial charge in [-0.1, -0.05) is 0 Å². The molecule has 3 fully saturated rings. The van der Waals surface area contributed by atoms with Gasteiger partial charge in [0.05, 0.1) is 29.0 Å². The molecular formula is C24H24F4N6O2. The molecule has 0 spiro atoms. The number of halogens is 4. The van der Waals surface area contributed by atoms with Crippen LogP contribution >= 0.6 is 0 Å². The van der Waals surface area contributed by atoms with Gasteiger partial charge in [0, 0.05) is 23.7 Å². The van der Waals surface area contributed by atoms with E-state index in [4.69, 9.17) is 0 Å². The van der Waals surface area contributed by atoms with Crippen LogP contribution in [0.15, 0.2) is 35.4 Å². The Bertz CT molecular complexity index is 1360. The number of benzene rings is 1. The zero-order chi connectivity index (χ0) is 25.2. The van der Waals surface area contributed by atoms with Gasteiger partial charge in [0.2, 0.25) is 0 Å². The maximum absolute atomic E-state index is 15.3. The fraction of sp³-hybridized carbons (Fsp3) is 0.500. The van der Waals surface area contributed by atoms with Crippen molar-refractivity contribution in [2.45, 2.75) is 75.2 Å². The number of alkyl halides is 4. The first-order chi connectivity index (χ1) is 17.2. The van der Waals surface area contributed by atoms with Crippen molar-refractivity contribution >= 4 is 16.7 Å². The van der Waals surface area contributed by atoms with Crippen LogP contribution in [0.1, 0.15) is 32.1 Å². The fourth-order valence-electron chi connectivity index (χ4n) is 5.54. The summed E-state index contributed by atoms with van der Waals surface area (Å²) in [6.45, 7) is -1.47. The maximum atomic E-state index is 15.3. The molecule has 4 heterocycles. The summed E-state index contributed by atoms with van der Waals surface area (Å²) in [5, 5.41) is 22.4. The van der Waals surface area contributed by atoms with E-state index in [1.165, 1.54) is 6.07 Å². The van der Waals surface area contributed by atoms with Gasteiger partial charge in [0.25, 0.3) is 5.56 Å². The smallest absolute Gasteiger partial charge is 0.406 e. The Morgan fingerprint density at radius 3 is 2.64 bits per heavy atom. The lowest BCUT2D eigenvalue weighted by molar-refractivity contribution is -0.141. The molecule has 2 bridgehead atoms. The number of aromatic hydroxyl groups is 1. The Hall–Kier alpha value is -3.28. The summed E-state index contributed by atoms with van der Waals surface area (Å²) in [6, 6.07) is 6.03. The number of hydrogen-bond donors (Lipinski definition) is 2. The van der Waals surface area contributed by atoms with Crippen LogP contribution in [-0.4, -0.2) is 61.4 Å². The van der Waals surface area contributed by atoms with Gasteiger partial charge in [0.1, 0.15) is 18.5 Å². The van der Waals surface area contributed by atoms with E-state index in [1.807, 2.05) is 0 Å². The Kier molecular flexibility index (Phi) is 5.39. The fourth-order valence-corrected chi connectivity index (χ4v) is 5.54. The second kappa shape index (κ2) is 8.39. The van der Waals surface area contributed by atoms with E-state index < -0.39 is 24.5 Å². The summed E-state index contributed by atoms with van der Waals surface area (Å²) in [4.78, 5) is 18.5. The Morgan fingerprint density at radius 2 is 1.94 bits per heavy atom. The number of rotatable bonds is 5. The van der Waals surface area contributed by atoms with Crippen LogP contribution in [0.5, 0.6) is 5.75 Å². The lowest BCUT2D eigenvalue weighted by Crippen LogP contribution is -2.57. The number of fused-ring (bicyclic) bond motifs is 3.